The molecule has 2 heterocycles. The van der Waals surface area contributed by atoms with Crippen molar-refractivity contribution in [1.29, 1.82) is 5.41 Å². The largest absolute Gasteiger partial charge is 0.477 e. The topological polar surface area (TPSA) is 109 Å². The van der Waals surface area contributed by atoms with Gasteiger partial charge in [0.15, 0.2) is 5.71 Å². The first-order chi connectivity index (χ1) is 25.7. The molecule has 3 atom stereocenters. The number of rotatable bonds is 9. The molecule has 4 N–H and O–H groups in total. The fourth-order valence-electron chi connectivity index (χ4n) is 7.23. The third-order valence-corrected chi connectivity index (χ3v) is 9.75. The van der Waals surface area contributed by atoms with Crippen LogP contribution in [-0.4, -0.2) is 33.7 Å². The van der Waals surface area contributed by atoms with E-state index < -0.39 is 17.6 Å². The molecule has 53 heavy (non-hydrogen) atoms. The number of carbonyl (C=O) groups excluding carboxylic acids is 1. The first kappa shape index (κ1) is 38.3. The smallest absolute Gasteiger partial charge is 0.354 e. The summed E-state index contributed by atoms with van der Waals surface area (Å²) in [4.78, 5) is 30.7. The van der Waals surface area contributed by atoms with Crippen LogP contribution in [0.25, 0.3) is 23.1 Å². The van der Waals surface area contributed by atoms with Crippen LogP contribution in [0.4, 0.5) is 17.1 Å². The number of benzene rings is 3. The van der Waals surface area contributed by atoms with E-state index in [0.29, 0.717) is 23.6 Å². The number of hydrogen-bond donors (Lipinski definition) is 4. The molecule has 2 aliphatic carbocycles. The number of anilines is 3. The third kappa shape index (κ3) is 8.93. The molecule has 1 amide bonds. The minimum Gasteiger partial charge on any atom is -0.477 e. The Morgan fingerprint density at radius 3 is 2.51 bits per heavy atom. The van der Waals surface area contributed by atoms with Gasteiger partial charge in [0.05, 0.1) is 5.57 Å². The van der Waals surface area contributed by atoms with Gasteiger partial charge >= 0.3 is 5.97 Å². The Kier molecular flexibility index (Phi) is 13.0. The number of hydrogen-bond acceptors (Lipinski definition) is 4. The Morgan fingerprint density at radius 1 is 1.06 bits per heavy atom. The van der Waals surface area contributed by atoms with Gasteiger partial charge in [-0.05, 0) is 92.1 Å². The number of nitrogens with one attached hydrogen (secondary N) is 3. The number of carbonyl (C=O) groups is 2. The lowest BCUT2D eigenvalue weighted by Crippen LogP contribution is -2.26. The van der Waals surface area contributed by atoms with Gasteiger partial charge in [-0.1, -0.05) is 106 Å². The Labute approximate surface area is 313 Å². The van der Waals surface area contributed by atoms with Gasteiger partial charge < -0.3 is 20.3 Å². The van der Waals surface area contributed by atoms with E-state index in [4.69, 9.17) is 5.41 Å². The second kappa shape index (κ2) is 18.0. The number of amides is 1. The molecular weight excluding hydrogens is 657 g/mol. The van der Waals surface area contributed by atoms with Crippen LogP contribution in [0.3, 0.4) is 0 Å². The highest BCUT2D eigenvalue weighted by Gasteiger charge is 2.42. The standard InChI is InChI=1S/C37H34N4O3.C5H8.C4H8/c1-22-13-16-26-27-17-15-25(21-32(27)40-31(26)19-22)41-33-12-6-10-28(33)30-20-23(14-18-34(30)41)7-5-11-29(35(38)37(43)44)36(42)39-24-8-3-2-4-9-24;1-3-5-4-2;1-3-4-2/h2-5,7-9,11,13-18,20-22,28,33,38,40H,6,10,12,19H2,1H3,(H,39,42)(H,43,44);3-5H,1H2,2H3;3H,1,4H2,2H3/b7-5+,29-11-,38-35?;5-4-;. The van der Waals surface area contributed by atoms with Crippen molar-refractivity contribution in [2.24, 2.45) is 5.92 Å². The molecule has 272 valence electrons. The van der Waals surface area contributed by atoms with Crippen molar-refractivity contribution in [3.05, 3.63) is 150 Å². The summed E-state index contributed by atoms with van der Waals surface area (Å²) < 4.78 is 0. The lowest BCUT2D eigenvalue weighted by molar-refractivity contribution is -0.129. The summed E-state index contributed by atoms with van der Waals surface area (Å²) in [6, 6.07) is 22.5. The number of fused-ring (bicyclic) bond motifs is 6. The lowest BCUT2D eigenvalue weighted by atomic mass is 9.95. The Morgan fingerprint density at radius 2 is 1.83 bits per heavy atom. The molecule has 7 heteroatoms. The van der Waals surface area contributed by atoms with Gasteiger partial charge in [0.2, 0.25) is 0 Å². The quantitative estimate of drug-likeness (QED) is 0.0601. The van der Waals surface area contributed by atoms with Crippen molar-refractivity contribution in [2.75, 3.05) is 10.2 Å². The first-order valence-electron chi connectivity index (χ1n) is 18.4. The Bertz CT molecular complexity index is 2100. The van der Waals surface area contributed by atoms with Crippen LogP contribution in [0, 0.1) is 11.3 Å². The third-order valence-electron chi connectivity index (χ3n) is 9.75. The van der Waals surface area contributed by atoms with Crippen molar-refractivity contribution >= 4 is 57.7 Å². The number of aromatic nitrogens is 1. The van der Waals surface area contributed by atoms with Crippen LogP contribution < -0.4 is 10.2 Å². The predicted molar refractivity (Wildman–Crippen MR) is 222 cm³/mol. The molecule has 7 nitrogen and oxygen atoms in total. The van der Waals surface area contributed by atoms with E-state index in [9.17, 15) is 14.7 Å². The zero-order valence-electron chi connectivity index (χ0n) is 30.9. The molecule has 1 fully saturated rings. The summed E-state index contributed by atoms with van der Waals surface area (Å²) in [5, 5.41) is 21.4. The van der Waals surface area contributed by atoms with Crippen molar-refractivity contribution in [3.63, 3.8) is 0 Å². The summed E-state index contributed by atoms with van der Waals surface area (Å²) >= 11 is 0. The highest BCUT2D eigenvalue weighted by Crippen LogP contribution is 2.53. The number of carboxylic acid groups (broad SMARTS) is 1. The maximum absolute atomic E-state index is 12.9. The summed E-state index contributed by atoms with van der Waals surface area (Å²) in [5.74, 6) is -1.11. The highest BCUT2D eigenvalue weighted by molar-refractivity contribution is 6.48. The van der Waals surface area contributed by atoms with E-state index in [1.807, 2.05) is 37.3 Å². The van der Waals surface area contributed by atoms with Gasteiger partial charge in [0.25, 0.3) is 5.91 Å². The number of nitrogens with zero attached hydrogens (tertiary/aromatic N) is 1. The summed E-state index contributed by atoms with van der Waals surface area (Å²) in [7, 11) is 0. The molecule has 0 saturated heterocycles. The zero-order chi connectivity index (χ0) is 37.9. The molecule has 0 radical (unpaired) electrons. The molecule has 3 aromatic carbocycles. The summed E-state index contributed by atoms with van der Waals surface area (Å²) in [6.45, 7) is 13.2. The second-order valence-corrected chi connectivity index (χ2v) is 13.5. The molecule has 3 unspecified atom stereocenters. The molecule has 1 saturated carbocycles. The molecule has 0 bridgehead atoms. The maximum atomic E-state index is 12.9. The Hall–Kier alpha value is -5.95. The average Bonchev–Trinajstić information content (AvgIpc) is 3.86. The fourth-order valence-corrected chi connectivity index (χ4v) is 7.23. The van der Waals surface area contributed by atoms with Crippen molar-refractivity contribution in [2.45, 2.75) is 64.8 Å². The van der Waals surface area contributed by atoms with Gasteiger partial charge in [-0.25, -0.2) is 4.79 Å². The van der Waals surface area contributed by atoms with Gasteiger partial charge in [-0.15, -0.1) is 6.58 Å². The van der Waals surface area contributed by atoms with Crippen LogP contribution in [0.15, 0.2) is 128 Å². The van der Waals surface area contributed by atoms with Crippen molar-refractivity contribution in [1.82, 2.24) is 4.98 Å². The van der Waals surface area contributed by atoms with E-state index >= 15 is 0 Å². The van der Waals surface area contributed by atoms with Crippen LogP contribution in [-0.2, 0) is 16.0 Å². The van der Waals surface area contributed by atoms with E-state index in [0.717, 1.165) is 31.2 Å². The summed E-state index contributed by atoms with van der Waals surface area (Å²) in [5.41, 5.74) is 8.09. The van der Waals surface area contributed by atoms with Gasteiger partial charge in [-0.2, -0.15) is 0 Å². The number of H-pyrrole nitrogens is 1. The number of para-hydroxylation sites is 1. The second-order valence-electron chi connectivity index (χ2n) is 13.5. The molecule has 1 aliphatic heterocycles. The van der Waals surface area contributed by atoms with Crippen LogP contribution in [0.1, 0.15) is 74.8 Å². The van der Waals surface area contributed by atoms with Crippen LogP contribution >= 0.6 is 0 Å². The monoisotopic (exact) mass is 706 g/mol. The molecule has 1 aromatic heterocycles. The minimum absolute atomic E-state index is 0.216. The van der Waals surface area contributed by atoms with Gasteiger partial charge in [0.1, 0.15) is 0 Å². The van der Waals surface area contributed by atoms with Gasteiger partial charge in [-0.3, -0.25) is 10.2 Å². The molecule has 0 spiro atoms. The van der Waals surface area contributed by atoms with Crippen molar-refractivity contribution in [3.8, 4) is 0 Å². The normalized spacial score (nSPS) is 18.4. The van der Waals surface area contributed by atoms with Gasteiger partial charge in [0, 0.05) is 51.2 Å². The number of allylic oxidation sites excluding steroid dienone is 7. The lowest BCUT2D eigenvalue weighted by Gasteiger charge is -2.27. The van der Waals surface area contributed by atoms with E-state index in [1.165, 1.54) is 51.6 Å². The average molecular weight is 707 g/mol. The molecule has 4 aromatic rings. The van der Waals surface area contributed by atoms with Crippen LogP contribution in [0.2, 0.25) is 0 Å². The maximum Gasteiger partial charge on any atom is 0.354 e. The van der Waals surface area contributed by atoms with E-state index in [1.54, 1.807) is 36.4 Å². The first-order valence-corrected chi connectivity index (χ1v) is 18.4. The number of aliphatic carboxylic acids is 1. The molecule has 7 rings (SSSR count). The van der Waals surface area contributed by atoms with Crippen molar-refractivity contribution < 1.29 is 14.7 Å². The SMILES string of the molecule is C=C/C=C\C.C=CCC.CC1C=Cc2c([nH]c3cc(N4c5ccc(/C=C/C=C(/C(=N)C(=O)O)C(=O)Nc6ccccc6)cc5C5CCCC54)ccc23)C1. The summed E-state index contributed by atoms with van der Waals surface area (Å²) in [6.07, 6.45) is 22.5. The van der Waals surface area contributed by atoms with E-state index in [-0.39, 0.29) is 5.57 Å². The minimum atomic E-state index is -1.46. The number of aromatic amines is 1. The van der Waals surface area contributed by atoms with E-state index in [2.05, 4.69) is 90.8 Å². The Balaban J connectivity index is 0.000000542. The zero-order valence-corrected chi connectivity index (χ0v) is 30.9. The predicted octanol–water partition coefficient (Wildman–Crippen LogP) is 11.2. The number of carboxylic acids is 1. The highest BCUT2D eigenvalue weighted by atomic mass is 16.4. The molecular formula is C46H50N4O3. The fraction of sp³-hybridized carbons (Fsp3) is 0.239. The van der Waals surface area contributed by atoms with Crippen LogP contribution in [0.5, 0.6) is 0 Å². The molecule has 3 aliphatic rings.